The van der Waals surface area contributed by atoms with Gasteiger partial charge < -0.3 is 0 Å². The minimum atomic E-state index is -0.183. The fourth-order valence-corrected chi connectivity index (χ4v) is 6.35. The Hall–Kier alpha value is -1.26. The van der Waals surface area contributed by atoms with Gasteiger partial charge >= 0.3 is 0 Å². The smallest absolute Gasteiger partial charge is 0.173 e. The van der Waals surface area contributed by atoms with Crippen molar-refractivity contribution in [2.24, 2.45) is 11.8 Å². The van der Waals surface area contributed by atoms with Gasteiger partial charge in [-0.3, -0.25) is 9.69 Å². The molecule has 1 saturated carbocycles. The van der Waals surface area contributed by atoms with E-state index in [9.17, 15) is 9.18 Å². The van der Waals surface area contributed by atoms with Gasteiger partial charge in [0.05, 0.1) is 4.88 Å². The summed E-state index contributed by atoms with van der Waals surface area (Å²) in [4.78, 5) is 16.4. The lowest BCUT2D eigenvalue weighted by molar-refractivity contribution is -0.0273. The number of benzene rings is 1. The summed E-state index contributed by atoms with van der Waals surface area (Å²) in [6, 6.07) is 5.27. The summed E-state index contributed by atoms with van der Waals surface area (Å²) in [5, 5.41) is 0.998. The molecular formula is C20H22FNOS. The van der Waals surface area contributed by atoms with Crippen molar-refractivity contribution >= 4 is 27.2 Å². The molecule has 4 heterocycles. The lowest BCUT2D eigenvalue weighted by atomic mass is 9.70. The van der Waals surface area contributed by atoms with Gasteiger partial charge in [-0.15, -0.1) is 11.3 Å². The molecule has 4 heteroatoms. The normalized spacial score (nSPS) is 30.2. The number of fused-ring (bicyclic) bond motifs is 3. The van der Waals surface area contributed by atoms with Crippen molar-refractivity contribution in [3.8, 4) is 0 Å². The van der Waals surface area contributed by atoms with Gasteiger partial charge in [-0.05, 0) is 75.1 Å². The topological polar surface area (TPSA) is 20.3 Å². The summed E-state index contributed by atoms with van der Waals surface area (Å²) in [5.74, 6) is 1.35. The van der Waals surface area contributed by atoms with Gasteiger partial charge in [-0.1, -0.05) is 6.07 Å². The van der Waals surface area contributed by atoms with Gasteiger partial charge in [0.25, 0.3) is 0 Å². The van der Waals surface area contributed by atoms with E-state index in [1.807, 2.05) is 6.07 Å². The third-order valence-electron chi connectivity index (χ3n) is 6.74. The molecular weight excluding hydrogens is 321 g/mol. The van der Waals surface area contributed by atoms with E-state index >= 15 is 0 Å². The van der Waals surface area contributed by atoms with Gasteiger partial charge in [0.15, 0.2) is 5.78 Å². The molecule has 2 bridgehead atoms. The predicted molar refractivity (Wildman–Crippen MR) is 95.2 cm³/mol. The van der Waals surface area contributed by atoms with E-state index in [1.54, 1.807) is 13.0 Å². The summed E-state index contributed by atoms with van der Waals surface area (Å²) in [7, 11) is 0. The second kappa shape index (κ2) is 5.12. The second-order valence-corrected chi connectivity index (χ2v) is 8.92. The van der Waals surface area contributed by atoms with Gasteiger partial charge in [0, 0.05) is 22.2 Å². The molecule has 3 aliphatic heterocycles. The van der Waals surface area contributed by atoms with Crippen molar-refractivity contribution in [3.63, 3.8) is 0 Å². The van der Waals surface area contributed by atoms with Crippen molar-refractivity contribution in [1.82, 2.24) is 4.90 Å². The van der Waals surface area contributed by atoms with E-state index in [0.717, 1.165) is 20.9 Å². The molecule has 0 unspecified atom stereocenters. The summed E-state index contributed by atoms with van der Waals surface area (Å²) < 4.78 is 14.7. The van der Waals surface area contributed by atoms with Crippen LogP contribution < -0.4 is 0 Å². The number of nitrogens with zero attached hydrogens (tertiary/aromatic N) is 1. The highest BCUT2D eigenvalue weighted by Crippen LogP contribution is 2.58. The second-order valence-electron chi connectivity index (χ2n) is 7.86. The van der Waals surface area contributed by atoms with Gasteiger partial charge in [-0.2, -0.15) is 0 Å². The van der Waals surface area contributed by atoms with E-state index in [0.29, 0.717) is 23.4 Å². The van der Waals surface area contributed by atoms with Crippen LogP contribution in [0.2, 0.25) is 0 Å². The molecule has 2 nitrogen and oxygen atoms in total. The zero-order valence-corrected chi connectivity index (χ0v) is 14.8. The maximum absolute atomic E-state index is 13.8. The Labute approximate surface area is 145 Å². The van der Waals surface area contributed by atoms with E-state index < -0.39 is 0 Å². The highest BCUT2D eigenvalue weighted by atomic mass is 32.1. The van der Waals surface area contributed by atoms with Crippen LogP contribution in [-0.4, -0.2) is 29.3 Å². The fourth-order valence-electron chi connectivity index (χ4n) is 5.25. The van der Waals surface area contributed by atoms with Crippen LogP contribution in [0.3, 0.4) is 0 Å². The number of carbonyl (C=O) groups is 1. The summed E-state index contributed by atoms with van der Waals surface area (Å²) in [6.07, 6.45) is 5.75. The minimum Gasteiger partial charge on any atom is -0.297 e. The molecule has 1 aromatic carbocycles. The molecule has 24 heavy (non-hydrogen) atoms. The lowest BCUT2D eigenvalue weighted by Crippen LogP contribution is -2.57. The van der Waals surface area contributed by atoms with E-state index in [-0.39, 0.29) is 11.6 Å². The lowest BCUT2D eigenvalue weighted by Gasteiger charge is -2.52. The first-order chi connectivity index (χ1) is 11.6. The predicted octanol–water partition coefficient (Wildman–Crippen LogP) is 4.80. The Morgan fingerprint density at radius 2 is 2.08 bits per heavy atom. The number of piperidine rings is 3. The molecule has 3 saturated heterocycles. The quantitative estimate of drug-likeness (QED) is 0.747. The number of thiophene rings is 1. The third kappa shape index (κ3) is 2.05. The molecule has 2 aromatic rings. The van der Waals surface area contributed by atoms with Crippen molar-refractivity contribution in [3.05, 3.63) is 34.5 Å². The SMILES string of the molecule is Cc1c(F)ccc2cc(C(=O)C[C@@H]3C4CCN(CC4)C34CC4)sc12. The average Bonchev–Trinajstić information content (AvgIpc) is 3.24. The molecule has 1 spiro atoms. The highest BCUT2D eigenvalue weighted by molar-refractivity contribution is 7.21. The number of aryl methyl sites for hydroxylation is 1. The average molecular weight is 343 g/mol. The Balaban J connectivity index is 1.44. The minimum absolute atomic E-state index is 0.183. The van der Waals surface area contributed by atoms with Crippen LogP contribution in [0.15, 0.2) is 18.2 Å². The maximum atomic E-state index is 13.8. The molecule has 1 atom stereocenters. The highest BCUT2D eigenvalue weighted by Gasteiger charge is 2.60. The Kier molecular flexibility index (Phi) is 3.21. The number of Topliss-reactive ketones (excluding diaryl/α,β-unsaturated/α-hetero) is 1. The van der Waals surface area contributed by atoms with Crippen LogP contribution in [-0.2, 0) is 0 Å². The fraction of sp³-hybridized carbons (Fsp3) is 0.550. The Morgan fingerprint density at radius 3 is 2.79 bits per heavy atom. The molecule has 1 aliphatic carbocycles. The van der Waals surface area contributed by atoms with Crippen molar-refractivity contribution in [2.45, 2.75) is 44.6 Å². The molecule has 4 aliphatic rings. The summed E-state index contributed by atoms with van der Waals surface area (Å²) in [5.41, 5.74) is 1.02. The van der Waals surface area contributed by atoms with Crippen molar-refractivity contribution in [1.29, 1.82) is 0 Å². The molecule has 126 valence electrons. The standard InChI is InChI=1S/C20H22FNOS/c1-12-16(21)3-2-14-10-18(24-19(12)14)17(23)11-15-13-4-8-22(9-5-13)20(15)6-7-20/h2-3,10,13,15H,4-9,11H2,1H3/t15-/m1/s1. The molecule has 4 fully saturated rings. The van der Waals surface area contributed by atoms with Crippen LogP contribution in [0.25, 0.3) is 10.1 Å². The van der Waals surface area contributed by atoms with Crippen LogP contribution >= 0.6 is 11.3 Å². The number of hydrogen-bond donors (Lipinski definition) is 0. The molecule has 6 rings (SSSR count). The van der Waals surface area contributed by atoms with E-state index in [4.69, 9.17) is 0 Å². The first-order valence-corrected chi connectivity index (χ1v) is 9.87. The molecule has 0 amide bonds. The van der Waals surface area contributed by atoms with Gasteiger partial charge in [-0.25, -0.2) is 4.39 Å². The Morgan fingerprint density at radius 1 is 1.33 bits per heavy atom. The van der Waals surface area contributed by atoms with Gasteiger partial charge in [0.2, 0.25) is 0 Å². The molecule has 1 aromatic heterocycles. The number of ketones is 1. The third-order valence-corrected chi connectivity index (χ3v) is 8.05. The van der Waals surface area contributed by atoms with E-state index in [2.05, 4.69) is 4.90 Å². The van der Waals surface area contributed by atoms with Crippen molar-refractivity contribution < 1.29 is 9.18 Å². The number of hydrogen-bond acceptors (Lipinski definition) is 3. The first-order valence-electron chi connectivity index (χ1n) is 9.05. The van der Waals surface area contributed by atoms with Crippen LogP contribution in [0, 0.1) is 24.6 Å². The van der Waals surface area contributed by atoms with Crippen LogP contribution in [0.4, 0.5) is 4.39 Å². The summed E-state index contributed by atoms with van der Waals surface area (Å²) in [6.45, 7) is 4.27. The number of halogens is 1. The van der Waals surface area contributed by atoms with Gasteiger partial charge in [0.1, 0.15) is 5.82 Å². The van der Waals surface area contributed by atoms with Crippen molar-refractivity contribution in [2.75, 3.05) is 13.1 Å². The summed E-state index contributed by atoms with van der Waals surface area (Å²) >= 11 is 1.47. The largest absolute Gasteiger partial charge is 0.297 e. The van der Waals surface area contributed by atoms with E-state index in [1.165, 1.54) is 56.2 Å². The zero-order chi connectivity index (χ0) is 16.5. The molecule has 0 N–H and O–H groups in total. The zero-order valence-electron chi connectivity index (χ0n) is 14.0. The Bertz CT molecular complexity index is 830. The van der Waals surface area contributed by atoms with Crippen LogP contribution in [0.5, 0.6) is 0 Å². The monoisotopic (exact) mass is 343 g/mol. The molecule has 0 radical (unpaired) electrons. The van der Waals surface area contributed by atoms with Crippen LogP contribution in [0.1, 0.15) is 47.3 Å². The number of carbonyl (C=O) groups excluding carboxylic acids is 1. The first kappa shape index (κ1) is 15.0. The maximum Gasteiger partial charge on any atom is 0.173 e. The number of rotatable bonds is 3.